The van der Waals surface area contributed by atoms with Crippen LogP contribution in [0.5, 0.6) is 11.5 Å². The molecule has 0 aliphatic carbocycles. The Morgan fingerprint density at radius 3 is 2.00 bits per heavy atom. The molecule has 2 aromatic carbocycles. The molecule has 130 valence electrons. The Balaban J connectivity index is 2.70. The summed E-state index contributed by atoms with van der Waals surface area (Å²) in [5, 5.41) is 1.84. The van der Waals surface area contributed by atoms with Gasteiger partial charge in [-0.3, -0.25) is 0 Å². The van der Waals surface area contributed by atoms with Crippen LogP contribution in [0.2, 0.25) is 0 Å². The van der Waals surface area contributed by atoms with Crippen molar-refractivity contribution in [2.24, 2.45) is 11.7 Å². The van der Waals surface area contributed by atoms with Crippen molar-refractivity contribution in [3.8, 4) is 11.5 Å². The van der Waals surface area contributed by atoms with Gasteiger partial charge >= 0.3 is 5.97 Å². The molecule has 0 aliphatic rings. The fourth-order valence-corrected chi connectivity index (χ4v) is 3.02. The van der Waals surface area contributed by atoms with Crippen LogP contribution >= 0.6 is 0 Å². The molecule has 0 bridgehead atoms. The predicted molar refractivity (Wildman–Crippen MR) is 97.7 cm³/mol. The molecule has 2 aromatic rings. The maximum Gasteiger partial charge on any atom is 0.328 e. The van der Waals surface area contributed by atoms with Crippen molar-refractivity contribution in [3.63, 3.8) is 0 Å². The van der Waals surface area contributed by atoms with E-state index in [9.17, 15) is 4.79 Å². The first-order valence-corrected chi connectivity index (χ1v) is 8.53. The molecule has 1 atom stereocenters. The second kappa shape index (κ2) is 7.67. The molecule has 0 spiro atoms. The van der Waals surface area contributed by atoms with E-state index < -0.39 is 12.0 Å². The number of hydrogen-bond donors (Lipinski definition) is 1. The Labute approximate surface area is 143 Å². The fraction of sp³-hybridized carbons (Fsp3) is 0.450. The monoisotopic (exact) mass is 329 g/mol. The number of rotatable bonds is 6. The second-order valence-electron chi connectivity index (χ2n) is 6.26. The maximum atomic E-state index is 12.4. The highest BCUT2D eigenvalue weighted by atomic mass is 16.5. The fourth-order valence-electron chi connectivity index (χ4n) is 3.02. The lowest BCUT2D eigenvalue weighted by molar-refractivity contribution is -0.136. The normalized spacial score (nSPS) is 12.5. The average Bonchev–Trinajstić information content (AvgIpc) is 2.59. The zero-order valence-electron chi connectivity index (χ0n) is 15.2. The third kappa shape index (κ3) is 3.24. The number of methoxy groups -OCH3 is 1. The topological polar surface area (TPSA) is 61.5 Å². The van der Waals surface area contributed by atoms with Crippen LogP contribution in [0.3, 0.4) is 0 Å². The number of benzene rings is 2. The van der Waals surface area contributed by atoms with E-state index in [1.54, 1.807) is 7.11 Å². The molecule has 0 radical (unpaired) electrons. The minimum absolute atomic E-state index is 0.0257. The van der Waals surface area contributed by atoms with Crippen LogP contribution in [0.1, 0.15) is 38.8 Å². The van der Waals surface area contributed by atoms with Gasteiger partial charge in [0.15, 0.2) is 0 Å². The molecule has 24 heavy (non-hydrogen) atoms. The summed E-state index contributed by atoms with van der Waals surface area (Å²) in [6, 6.07) is 7.21. The second-order valence-corrected chi connectivity index (χ2v) is 6.26. The number of nitrogens with two attached hydrogens (primary N) is 1. The van der Waals surface area contributed by atoms with E-state index in [1.165, 1.54) is 0 Å². The van der Waals surface area contributed by atoms with Gasteiger partial charge in [-0.2, -0.15) is 0 Å². The molecule has 2 N–H and O–H groups in total. The minimum atomic E-state index is -0.638. The van der Waals surface area contributed by atoms with E-state index in [2.05, 4.69) is 13.8 Å². The Hall–Kier alpha value is -2.07. The summed E-state index contributed by atoms with van der Waals surface area (Å²) in [7, 11) is 1.68. The van der Waals surface area contributed by atoms with Crippen LogP contribution in [0, 0.1) is 5.92 Å². The maximum absolute atomic E-state index is 12.4. The molecule has 1 unspecified atom stereocenters. The molecule has 0 heterocycles. The lowest BCUT2D eigenvalue weighted by atomic mass is 9.94. The molecule has 0 amide bonds. The number of fused-ring (bicyclic) bond motifs is 1. The third-order valence-electron chi connectivity index (χ3n) is 4.43. The quantitative estimate of drug-likeness (QED) is 0.646. The Bertz CT molecular complexity index is 737. The molecule has 4 heteroatoms. The Morgan fingerprint density at radius 1 is 1.04 bits per heavy atom. The predicted octanol–water partition coefficient (Wildman–Crippen LogP) is 3.86. The minimum Gasteiger partial charge on any atom is -0.496 e. The van der Waals surface area contributed by atoms with Gasteiger partial charge in [0.25, 0.3) is 0 Å². The van der Waals surface area contributed by atoms with Gasteiger partial charge in [0, 0.05) is 21.9 Å². The van der Waals surface area contributed by atoms with Crippen molar-refractivity contribution in [2.75, 3.05) is 7.11 Å². The first-order valence-electron chi connectivity index (χ1n) is 8.53. The number of ether oxygens (including phenoxy) is 2. The average molecular weight is 329 g/mol. The number of carbonyl (C=O) groups is 1. The smallest absolute Gasteiger partial charge is 0.328 e. The molecule has 0 aliphatic heterocycles. The number of carbonyl (C=O) groups excluding carboxylic acids is 1. The summed E-state index contributed by atoms with van der Waals surface area (Å²) in [4.78, 5) is 12.4. The van der Waals surface area contributed by atoms with Crippen molar-refractivity contribution < 1.29 is 14.3 Å². The van der Waals surface area contributed by atoms with Crippen LogP contribution in [0.4, 0.5) is 0 Å². The Morgan fingerprint density at radius 2 is 1.54 bits per heavy atom. The van der Waals surface area contributed by atoms with Gasteiger partial charge in [0.05, 0.1) is 7.11 Å². The van der Waals surface area contributed by atoms with Crippen molar-refractivity contribution in [1.29, 1.82) is 0 Å². The van der Waals surface area contributed by atoms with E-state index in [1.807, 2.05) is 38.1 Å². The molecule has 0 aromatic heterocycles. The highest BCUT2D eigenvalue weighted by Gasteiger charge is 2.24. The van der Waals surface area contributed by atoms with Gasteiger partial charge in [-0.15, -0.1) is 0 Å². The van der Waals surface area contributed by atoms with Crippen LogP contribution in [-0.2, 0) is 17.6 Å². The molecule has 0 saturated carbocycles. The molecule has 0 saturated heterocycles. The van der Waals surface area contributed by atoms with Crippen molar-refractivity contribution in [1.82, 2.24) is 0 Å². The highest BCUT2D eigenvalue weighted by Crippen LogP contribution is 2.41. The van der Waals surface area contributed by atoms with Gasteiger partial charge in [-0.1, -0.05) is 52.0 Å². The summed E-state index contributed by atoms with van der Waals surface area (Å²) in [6.45, 7) is 7.96. The third-order valence-corrected chi connectivity index (χ3v) is 4.43. The van der Waals surface area contributed by atoms with E-state index >= 15 is 0 Å². The molecule has 4 nitrogen and oxygen atoms in total. The van der Waals surface area contributed by atoms with Gasteiger partial charge in [-0.25, -0.2) is 4.79 Å². The summed E-state index contributed by atoms with van der Waals surface area (Å²) < 4.78 is 11.5. The standard InChI is InChI=1S/C20H27NO3/c1-6-13-14(7-2)19(24-20(22)17(21)12(3)4)16-11-9-8-10-15(16)18(13)23-5/h8-12,17H,6-7,21H2,1-5H3. The highest BCUT2D eigenvalue weighted by molar-refractivity contribution is 5.97. The molecule has 0 fully saturated rings. The van der Waals surface area contributed by atoms with Gasteiger partial charge in [-0.05, 0) is 18.8 Å². The van der Waals surface area contributed by atoms with Crippen LogP contribution in [0.15, 0.2) is 24.3 Å². The van der Waals surface area contributed by atoms with Crippen LogP contribution in [-0.4, -0.2) is 19.1 Å². The Kier molecular flexibility index (Phi) is 5.84. The van der Waals surface area contributed by atoms with E-state index in [0.717, 1.165) is 40.5 Å². The van der Waals surface area contributed by atoms with Crippen LogP contribution in [0.25, 0.3) is 10.8 Å². The van der Waals surface area contributed by atoms with E-state index in [-0.39, 0.29) is 5.92 Å². The van der Waals surface area contributed by atoms with Gasteiger partial charge in [0.2, 0.25) is 0 Å². The van der Waals surface area contributed by atoms with E-state index in [0.29, 0.717) is 5.75 Å². The zero-order valence-corrected chi connectivity index (χ0v) is 15.2. The van der Waals surface area contributed by atoms with E-state index in [4.69, 9.17) is 15.2 Å². The SMILES string of the molecule is CCc1c(CC)c(OC(=O)C(N)C(C)C)c2ccccc2c1OC. The van der Waals surface area contributed by atoms with Crippen molar-refractivity contribution in [2.45, 2.75) is 46.6 Å². The molecular formula is C20H27NO3. The summed E-state index contributed by atoms with van der Waals surface area (Å²) in [6.07, 6.45) is 1.56. The van der Waals surface area contributed by atoms with Gasteiger partial charge in [0.1, 0.15) is 17.5 Å². The molecule has 2 rings (SSSR count). The van der Waals surface area contributed by atoms with Crippen LogP contribution < -0.4 is 15.2 Å². The first-order chi connectivity index (χ1) is 11.5. The first kappa shape index (κ1) is 18.3. The number of esters is 1. The van der Waals surface area contributed by atoms with Gasteiger partial charge < -0.3 is 15.2 Å². The summed E-state index contributed by atoms with van der Waals surface area (Å²) >= 11 is 0. The molecular weight excluding hydrogens is 302 g/mol. The lowest BCUT2D eigenvalue weighted by Gasteiger charge is -2.21. The van der Waals surface area contributed by atoms with Crippen molar-refractivity contribution >= 4 is 16.7 Å². The summed E-state index contributed by atoms with van der Waals surface area (Å²) in [5.41, 5.74) is 8.07. The largest absolute Gasteiger partial charge is 0.496 e. The lowest BCUT2D eigenvalue weighted by Crippen LogP contribution is -2.38. The zero-order chi connectivity index (χ0) is 17.9. The van der Waals surface area contributed by atoms with Crippen molar-refractivity contribution in [3.05, 3.63) is 35.4 Å². The summed E-state index contributed by atoms with van der Waals surface area (Å²) in [5.74, 6) is 1.11. The number of hydrogen-bond acceptors (Lipinski definition) is 4.